The number of hydrogen-bond donors (Lipinski definition) is 1. The number of halogens is 2. The highest BCUT2D eigenvalue weighted by Gasteiger charge is 2.34. The molecule has 1 N–H and O–H groups in total. The minimum atomic E-state index is -4.16. The van der Waals surface area contributed by atoms with Crippen molar-refractivity contribution in [2.75, 3.05) is 10.8 Å². The highest BCUT2D eigenvalue weighted by Crippen LogP contribution is 2.29. The van der Waals surface area contributed by atoms with Gasteiger partial charge in [-0.3, -0.25) is 13.9 Å². The number of anilines is 1. The Bertz CT molecular complexity index is 1490. The fourth-order valence-corrected chi connectivity index (χ4v) is 6.32. The first kappa shape index (κ1) is 32.4. The Hall–Kier alpha value is -3.07. The van der Waals surface area contributed by atoms with Crippen LogP contribution in [0.5, 0.6) is 0 Å². The third-order valence-corrected chi connectivity index (χ3v) is 9.37. The maximum Gasteiger partial charge on any atom is 0.264 e. The van der Waals surface area contributed by atoms with Crippen LogP contribution >= 0.6 is 23.2 Å². The number of nitrogens with one attached hydrogen (secondary N) is 1. The summed E-state index contributed by atoms with van der Waals surface area (Å²) >= 11 is 12.9. The van der Waals surface area contributed by atoms with Gasteiger partial charge in [-0.05, 0) is 88.6 Å². The molecule has 0 saturated carbocycles. The zero-order chi connectivity index (χ0) is 30.5. The van der Waals surface area contributed by atoms with Gasteiger partial charge in [0.25, 0.3) is 10.0 Å². The molecule has 3 aromatic rings. The Balaban J connectivity index is 2.13. The van der Waals surface area contributed by atoms with Crippen LogP contribution in [0.25, 0.3) is 0 Å². The van der Waals surface area contributed by atoms with Crippen LogP contribution in [0.15, 0.2) is 65.6 Å². The molecule has 0 fully saturated rings. The number of aryl methyl sites for hydroxylation is 3. The molecule has 41 heavy (non-hydrogen) atoms. The van der Waals surface area contributed by atoms with E-state index in [-0.39, 0.29) is 23.4 Å². The largest absolute Gasteiger partial charge is 0.352 e. The number of hydrogen-bond acceptors (Lipinski definition) is 4. The number of carbonyl (C=O) groups excluding carboxylic acids is 2. The molecular weight excluding hydrogens is 581 g/mol. The van der Waals surface area contributed by atoms with Gasteiger partial charge in [-0.25, -0.2) is 8.42 Å². The van der Waals surface area contributed by atoms with Crippen LogP contribution in [0.4, 0.5) is 5.69 Å². The van der Waals surface area contributed by atoms with E-state index >= 15 is 0 Å². The zero-order valence-corrected chi connectivity index (χ0v) is 26.6. The zero-order valence-electron chi connectivity index (χ0n) is 24.2. The monoisotopic (exact) mass is 617 g/mol. The first-order chi connectivity index (χ1) is 19.3. The molecule has 0 aliphatic heterocycles. The second kappa shape index (κ2) is 13.7. The Labute approximate surface area is 253 Å². The van der Waals surface area contributed by atoms with Crippen LogP contribution in [0, 0.1) is 20.8 Å². The van der Waals surface area contributed by atoms with E-state index in [1.165, 1.54) is 17.0 Å². The van der Waals surface area contributed by atoms with Gasteiger partial charge in [0.15, 0.2) is 0 Å². The van der Waals surface area contributed by atoms with Crippen LogP contribution in [-0.4, -0.2) is 43.8 Å². The summed E-state index contributed by atoms with van der Waals surface area (Å²) in [5, 5.41) is 3.55. The lowest BCUT2D eigenvalue weighted by molar-refractivity contribution is -0.140. The number of rotatable bonds is 11. The maximum atomic E-state index is 14.2. The Morgan fingerprint density at radius 2 is 1.51 bits per heavy atom. The van der Waals surface area contributed by atoms with E-state index in [2.05, 4.69) is 5.32 Å². The first-order valence-electron chi connectivity index (χ1n) is 13.5. The lowest BCUT2D eigenvalue weighted by Gasteiger charge is -2.34. The Morgan fingerprint density at radius 1 is 0.902 bits per heavy atom. The number of nitrogens with zero attached hydrogens (tertiary/aromatic N) is 2. The third kappa shape index (κ3) is 7.82. The third-order valence-electron chi connectivity index (χ3n) is 6.87. The summed E-state index contributed by atoms with van der Waals surface area (Å²) in [5.41, 5.74) is 3.58. The smallest absolute Gasteiger partial charge is 0.264 e. The van der Waals surface area contributed by atoms with E-state index in [4.69, 9.17) is 23.2 Å². The van der Waals surface area contributed by atoms with Crippen LogP contribution in [-0.2, 0) is 26.2 Å². The number of sulfonamides is 1. The normalized spacial score (nSPS) is 12.2. The van der Waals surface area contributed by atoms with Gasteiger partial charge >= 0.3 is 0 Å². The van der Waals surface area contributed by atoms with E-state index in [9.17, 15) is 18.0 Å². The van der Waals surface area contributed by atoms with E-state index in [1.807, 2.05) is 40.7 Å². The summed E-state index contributed by atoms with van der Waals surface area (Å²) in [7, 11) is -4.16. The van der Waals surface area contributed by atoms with Crippen molar-refractivity contribution in [3.8, 4) is 0 Å². The van der Waals surface area contributed by atoms with Gasteiger partial charge < -0.3 is 10.2 Å². The molecule has 1 atom stereocenters. The molecule has 10 heteroatoms. The van der Waals surface area contributed by atoms with Crippen molar-refractivity contribution in [1.29, 1.82) is 0 Å². The Kier molecular flexibility index (Phi) is 10.9. The second-order valence-corrected chi connectivity index (χ2v) is 13.1. The molecule has 0 bridgehead atoms. The summed E-state index contributed by atoms with van der Waals surface area (Å²) in [6, 6.07) is 15.7. The maximum absolute atomic E-state index is 14.2. The summed E-state index contributed by atoms with van der Waals surface area (Å²) < 4.78 is 29.1. The van der Waals surface area contributed by atoms with E-state index in [1.54, 1.807) is 49.4 Å². The average Bonchev–Trinajstić information content (AvgIpc) is 2.90. The van der Waals surface area contributed by atoms with Gasteiger partial charge in [-0.15, -0.1) is 0 Å². The molecule has 7 nitrogen and oxygen atoms in total. The molecule has 0 unspecified atom stereocenters. The van der Waals surface area contributed by atoms with Gasteiger partial charge in [-0.2, -0.15) is 0 Å². The molecule has 0 heterocycles. The molecule has 3 aromatic carbocycles. The summed E-state index contributed by atoms with van der Waals surface area (Å²) in [6.07, 6.45) is 0.292. The SMILES string of the molecule is CC[C@@H](C(=O)NC(C)C)N(Cc1c(Cl)cccc1Cl)C(=O)CN(c1ccc(C)c(C)c1)S(=O)(=O)c1ccc(C)cc1. The van der Waals surface area contributed by atoms with Gasteiger partial charge in [0.2, 0.25) is 11.8 Å². The lowest BCUT2D eigenvalue weighted by atomic mass is 10.1. The topological polar surface area (TPSA) is 86.8 Å². The molecule has 220 valence electrons. The first-order valence-corrected chi connectivity index (χ1v) is 15.6. The average molecular weight is 619 g/mol. The molecular formula is C31H37Cl2N3O4S. The quantitative estimate of drug-likeness (QED) is 0.268. The van der Waals surface area contributed by atoms with E-state index in [0.717, 1.165) is 21.0 Å². The fourth-order valence-electron chi connectivity index (χ4n) is 4.40. The van der Waals surface area contributed by atoms with E-state index < -0.39 is 28.5 Å². The summed E-state index contributed by atoms with van der Waals surface area (Å²) in [5.74, 6) is -0.918. The number of carbonyl (C=O) groups is 2. The molecule has 0 radical (unpaired) electrons. The highest BCUT2D eigenvalue weighted by atomic mass is 35.5. The van der Waals surface area contributed by atoms with Gasteiger partial charge in [-0.1, -0.05) is 60.0 Å². The van der Waals surface area contributed by atoms with Crippen molar-refractivity contribution in [2.45, 2.75) is 71.5 Å². The van der Waals surface area contributed by atoms with Crippen molar-refractivity contribution < 1.29 is 18.0 Å². The fraction of sp³-hybridized carbons (Fsp3) is 0.355. The van der Waals surface area contributed by atoms with E-state index in [0.29, 0.717) is 27.7 Å². The summed E-state index contributed by atoms with van der Waals surface area (Å²) in [6.45, 7) is 10.5. The number of amides is 2. The van der Waals surface area contributed by atoms with Gasteiger partial charge in [0.1, 0.15) is 12.6 Å². The predicted octanol–water partition coefficient (Wildman–Crippen LogP) is 6.45. The molecule has 0 spiro atoms. The summed E-state index contributed by atoms with van der Waals surface area (Å²) in [4.78, 5) is 28.9. The van der Waals surface area contributed by atoms with Crippen LogP contribution < -0.4 is 9.62 Å². The minimum absolute atomic E-state index is 0.0550. The standard InChI is InChI=1S/C31H37Cl2N3O4S/c1-7-29(31(38)34-20(2)3)35(18-26-27(32)9-8-10-28(26)33)30(37)19-36(24-14-13-22(5)23(6)17-24)41(39,40)25-15-11-21(4)12-16-25/h8-17,20,29H,7,18-19H2,1-6H3,(H,34,38)/t29-/m0/s1. The van der Waals surface area contributed by atoms with Crippen molar-refractivity contribution >= 4 is 50.7 Å². The molecule has 2 amide bonds. The minimum Gasteiger partial charge on any atom is -0.352 e. The van der Waals surface area contributed by atoms with Crippen LogP contribution in [0.2, 0.25) is 10.0 Å². The van der Waals surface area contributed by atoms with Gasteiger partial charge in [0, 0.05) is 28.2 Å². The van der Waals surface area contributed by atoms with Crippen molar-refractivity contribution in [1.82, 2.24) is 10.2 Å². The second-order valence-electron chi connectivity index (χ2n) is 10.4. The van der Waals surface area contributed by atoms with Crippen molar-refractivity contribution in [3.63, 3.8) is 0 Å². The number of benzene rings is 3. The van der Waals surface area contributed by atoms with Gasteiger partial charge in [0.05, 0.1) is 10.6 Å². The molecule has 0 aliphatic carbocycles. The molecule has 0 aromatic heterocycles. The molecule has 0 aliphatic rings. The predicted molar refractivity (Wildman–Crippen MR) is 166 cm³/mol. The van der Waals surface area contributed by atoms with Crippen molar-refractivity contribution in [3.05, 3.63) is 93.0 Å². The molecule has 0 saturated heterocycles. The van der Waals surface area contributed by atoms with Crippen LogP contribution in [0.3, 0.4) is 0 Å². The highest BCUT2D eigenvalue weighted by molar-refractivity contribution is 7.92. The van der Waals surface area contributed by atoms with Crippen LogP contribution in [0.1, 0.15) is 49.4 Å². The van der Waals surface area contributed by atoms with Crippen molar-refractivity contribution in [2.24, 2.45) is 0 Å². The Morgan fingerprint density at radius 3 is 2.05 bits per heavy atom. The lowest BCUT2D eigenvalue weighted by Crippen LogP contribution is -2.53. The molecule has 3 rings (SSSR count).